The van der Waals surface area contributed by atoms with Crippen LogP contribution in [0.1, 0.15) is 31.1 Å². The van der Waals surface area contributed by atoms with Crippen molar-refractivity contribution >= 4 is 34.6 Å². The van der Waals surface area contributed by atoms with E-state index < -0.39 is 33.7 Å². The summed E-state index contributed by atoms with van der Waals surface area (Å²) in [4.78, 5) is 22.6. The number of hydrogen-bond acceptors (Lipinski definition) is 4. The number of thioether (sulfide) groups is 1. The van der Waals surface area contributed by atoms with E-state index >= 15 is 0 Å². The van der Waals surface area contributed by atoms with E-state index in [9.17, 15) is 18.4 Å². The maximum Gasteiger partial charge on any atom is 0.319 e. The van der Waals surface area contributed by atoms with Gasteiger partial charge in [0.05, 0.1) is 11.7 Å². The van der Waals surface area contributed by atoms with Gasteiger partial charge in [-0.05, 0) is 38.4 Å². The van der Waals surface area contributed by atoms with E-state index in [4.69, 9.17) is 16.3 Å². The molecule has 1 unspecified atom stereocenters. The van der Waals surface area contributed by atoms with Gasteiger partial charge in [-0.1, -0.05) is 0 Å². The van der Waals surface area contributed by atoms with Gasteiger partial charge in [0.25, 0.3) is 5.24 Å². The third kappa shape index (κ3) is 4.45. The molecule has 1 rings (SSSR count). The molecule has 7 heteroatoms. The highest BCUT2D eigenvalue weighted by Crippen LogP contribution is 2.29. The maximum atomic E-state index is 13.6. The molecule has 1 aromatic rings. The first-order chi connectivity index (χ1) is 9.22. The molecule has 1 aromatic carbocycles. The lowest BCUT2D eigenvalue weighted by atomic mass is 10.2. The number of hydrogen-bond donors (Lipinski definition) is 0. The largest absolute Gasteiger partial charge is 0.462 e. The highest BCUT2D eigenvalue weighted by molar-refractivity contribution is 8.00. The smallest absolute Gasteiger partial charge is 0.319 e. The molecule has 0 aliphatic carbocycles. The molecule has 0 N–H and O–H groups in total. The van der Waals surface area contributed by atoms with E-state index in [-0.39, 0.29) is 11.0 Å². The summed E-state index contributed by atoms with van der Waals surface area (Å²) >= 11 is 6.03. The average Bonchev–Trinajstić information content (AvgIpc) is 2.30. The SMILES string of the molecule is CC(C)OC(=O)C(C)Sc1cc(C(=O)Cl)c(F)cc1F. The van der Waals surface area contributed by atoms with Gasteiger partial charge in [0, 0.05) is 11.0 Å². The topological polar surface area (TPSA) is 43.4 Å². The minimum atomic E-state index is -1.04. The molecule has 1 atom stereocenters. The van der Waals surface area contributed by atoms with Crippen LogP contribution in [0.25, 0.3) is 0 Å². The predicted molar refractivity (Wildman–Crippen MR) is 73.1 cm³/mol. The van der Waals surface area contributed by atoms with Crippen molar-refractivity contribution < 1.29 is 23.1 Å². The van der Waals surface area contributed by atoms with Gasteiger partial charge in [-0.3, -0.25) is 9.59 Å². The Labute approximate surface area is 124 Å². The Kier molecular flexibility index (Phi) is 5.95. The zero-order chi connectivity index (χ0) is 15.4. The molecule has 0 saturated heterocycles. The van der Waals surface area contributed by atoms with Crippen LogP contribution in [0.15, 0.2) is 17.0 Å². The van der Waals surface area contributed by atoms with Crippen molar-refractivity contribution in [1.82, 2.24) is 0 Å². The van der Waals surface area contributed by atoms with E-state index in [1.165, 1.54) is 6.92 Å². The molecular weight excluding hydrogens is 310 g/mol. The Bertz CT molecular complexity index is 535. The standard InChI is InChI=1S/C13H13ClF2O3S/c1-6(2)19-13(18)7(3)20-11-4-8(12(14)17)9(15)5-10(11)16/h4-7H,1-3H3. The number of esters is 1. The summed E-state index contributed by atoms with van der Waals surface area (Å²) in [5.41, 5.74) is -0.431. The van der Waals surface area contributed by atoms with E-state index in [1.807, 2.05) is 0 Å². The molecule has 0 fully saturated rings. The van der Waals surface area contributed by atoms with Crippen molar-refractivity contribution in [3.63, 3.8) is 0 Å². The Hall–Kier alpha value is -1.14. The highest BCUT2D eigenvalue weighted by Gasteiger charge is 2.21. The number of carbonyl (C=O) groups is 2. The fourth-order valence-corrected chi connectivity index (χ4v) is 2.37. The molecule has 0 bridgehead atoms. The number of carbonyl (C=O) groups excluding carboxylic acids is 2. The molecule has 0 amide bonds. The van der Waals surface area contributed by atoms with Crippen LogP contribution in [0.2, 0.25) is 0 Å². The van der Waals surface area contributed by atoms with Gasteiger partial charge in [-0.25, -0.2) is 8.78 Å². The van der Waals surface area contributed by atoms with Gasteiger partial charge >= 0.3 is 5.97 Å². The highest BCUT2D eigenvalue weighted by atomic mass is 35.5. The van der Waals surface area contributed by atoms with Crippen molar-refractivity contribution in [2.45, 2.75) is 37.0 Å². The lowest BCUT2D eigenvalue weighted by Crippen LogP contribution is -2.20. The maximum absolute atomic E-state index is 13.6. The monoisotopic (exact) mass is 322 g/mol. The zero-order valence-corrected chi connectivity index (χ0v) is 12.6. The lowest BCUT2D eigenvalue weighted by Gasteiger charge is -2.14. The fraction of sp³-hybridized carbons (Fsp3) is 0.385. The first kappa shape index (κ1) is 16.9. The molecule has 110 valence electrons. The molecule has 0 saturated carbocycles. The van der Waals surface area contributed by atoms with Crippen LogP contribution in [0, 0.1) is 11.6 Å². The van der Waals surface area contributed by atoms with Crippen molar-refractivity contribution in [2.75, 3.05) is 0 Å². The molecule has 0 heterocycles. The molecule has 20 heavy (non-hydrogen) atoms. The van der Waals surface area contributed by atoms with Gasteiger partial charge in [-0.2, -0.15) is 0 Å². The zero-order valence-electron chi connectivity index (χ0n) is 11.1. The van der Waals surface area contributed by atoms with Crippen LogP contribution >= 0.6 is 23.4 Å². The average molecular weight is 323 g/mol. The quantitative estimate of drug-likeness (QED) is 0.470. The van der Waals surface area contributed by atoms with Crippen molar-refractivity contribution in [1.29, 1.82) is 0 Å². The number of halogens is 3. The van der Waals surface area contributed by atoms with Gasteiger partial charge in [0.15, 0.2) is 0 Å². The Morgan fingerprint density at radius 2 is 1.80 bits per heavy atom. The summed E-state index contributed by atoms with van der Waals surface area (Å²) in [7, 11) is 0. The summed E-state index contributed by atoms with van der Waals surface area (Å²) < 4.78 is 31.9. The Morgan fingerprint density at radius 3 is 2.30 bits per heavy atom. The second kappa shape index (κ2) is 7.04. The van der Waals surface area contributed by atoms with E-state index in [1.54, 1.807) is 13.8 Å². The number of benzene rings is 1. The van der Waals surface area contributed by atoms with Crippen LogP contribution in [-0.4, -0.2) is 22.6 Å². The summed E-state index contributed by atoms with van der Waals surface area (Å²) in [6, 6.07) is 1.56. The van der Waals surface area contributed by atoms with Crippen LogP contribution in [0.3, 0.4) is 0 Å². The summed E-state index contributed by atoms with van der Waals surface area (Å²) in [6.45, 7) is 4.91. The predicted octanol–water partition coefficient (Wildman–Crippen LogP) is 3.78. The van der Waals surface area contributed by atoms with E-state index in [0.717, 1.165) is 17.8 Å². The summed E-state index contributed by atoms with van der Waals surface area (Å²) in [5, 5.41) is -1.72. The van der Waals surface area contributed by atoms with Gasteiger partial charge in [-0.15, -0.1) is 11.8 Å². The minimum absolute atomic E-state index is 0.0383. The molecular formula is C13H13ClF2O3S. The van der Waals surface area contributed by atoms with Gasteiger partial charge < -0.3 is 4.74 Å². The molecule has 3 nitrogen and oxygen atoms in total. The lowest BCUT2D eigenvalue weighted by molar-refractivity contribution is -0.146. The molecule has 0 aliphatic heterocycles. The second-order valence-corrected chi connectivity index (χ2v) is 6.01. The third-order valence-corrected chi connectivity index (χ3v) is 3.54. The number of ether oxygens (including phenoxy) is 1. The van der Waals surface area contributed by atoms with Crippen LogP contribution in [-0.2, 0) is 9.53 Å². The molecule has 0 aromatic heterocycles. The van der Waals surface area contributed by atoms with Gasteiger partial charge in [0.1, 0.15) is 16.9 Å². The molecule has 0 radical (unpaired) electrons. The van der Waals surface area contributed by atoms with Gasteiger partial charge in [0.2, 0.25) is 0 Å². The molecule has 0 aliphatic rings. The summed E-state index contributed by atoms with van der Waals surface area (Å²) in [6.07, 6.45) is -0.288. The Balaban J connectivity index is 2.95. The first-order valence-electron chi connectivity index (χ1n) is 5.78. The summed E-state index contributed by atoms with van der Waals surface area (Å²) in [5.74, 6) is -2.42. The fourth-order valence-electron chi connectivity index (χ4n) is 1.34. The second-order valence-electron chi connectivity index (χ2n) is 4.28. The third-order valence-electron chi connectivity index (χ3n) is 2.22. The normalized spacial score (nSPS) is 12.3. The van der Waals surface area contributed by atoms with Crippen LogP contribution in [0.4, 0.5) is 8.78 Å². The first-order valence-corrected chi connectivity index (χ1v) is 7.04. The van der Waals surface area contributed by atoms with E-state index in [2.05, 4.69) is 0 Å². The van der Waals surface area contributed by atoms with Crippen LogP contribution < -0.4 is 0 Å². The van der Waals surface area contributed by atoms with Crippen LogP contribution in [0.5, 0.6) is 0 Å². The Morgan fingerprint density at radius 1 is 1.20 bits per heavy atom. The number of rotatable bonds is 5. The van der Waals surface area contributed by atoms with E-state index in [0.29, 0.717) is 6.07 Å². The molecule has 0 spiro atoms. The van der Waals surface area contributed by atoms with Crippen molar-refractivity contribution in [2.24, 2.45) is 0 Å². The minimum Gasteiger partial charge on any atom is -0.462 e. The van der Waals surface area contributed by atoms with Crippen molar-refractivity contribution in [3.05, 3.63) is 29.3 Å². The van der Waals surface area contributed by atoms with Crippen molar-refractivity contribution in [3.8, 4) is 0 Å².